The fourth-order valence-corrected chi connectivity index (χ4v) is 2.34. The summed E-state index contributed by atoms with van der Waals surface area (Å²) >= 11 is 0. The first-order valence-electron chi connectivity index (χ1n) is 6.82. The Bertz CT molecular complexity index is 344. The summed E-state index contributed by atoms with van der Waals surface area (Å²) in [6.07, 6.45) is 3.26. The van der Waals surface area contributed by atoms with Crippen LogP contribution in [0.5, 0.6) is 0 Å². The molecule has 0 aromatic carbocycles. The van der Waals surface area contributed by atoms with Gasteiger partial charge in [-0.25, -0.2) is 4.79 Å². The molecule has 0 aromatic heterocycles. The first-order chi connectivity index (χ1) is 8.67. The summed E-state index contributed by atoms with van der Waals surface area (Å²) in [5.41, 5.74) is 0. The molecule has 0 saturated carbocycles. The number of hydrogen-bond acceptors (Lipinski definition) is 4. The second-order valence-corrected chi connectivity index (χ2v) is 11.1. The van der Waals surface area contributed by atoms with E-state index in [0.29, 0.717) is 13.2 Å². The molecule has 1 saturated heterocycles. The Morgan fingerprint density at radius 1 is 1.37 bits per heavy atom. The van der Waals surface area contributed by atoms with Crippen molar-refractivity contribution in [1.82, 2.24) is 0 Å². The van der Waals surface area contributed by atoms with Crippen molar-refractivity contribution in [3.63, 3.8) is 0 Å². The molecule has 4 nitrogen and oxygen atoms in total. The first-order valence-corrected chi connectivity index (χ1v) is 9.72. The van der Waals surface area contributed by atoms with Crippen molar-refractivity contribution in [2.24, 2.45) is 0 Å². The lowest BCUT2D eigenvalue weighted by Gasteiger charge is -2.35. The van der Waals surface area contributed by atoms with Crippen molar-refractivity contribution < 1.29 is 18.7 Å². The number of ether oxygens (including phenoxy) is 2. The van der Waals surface area contributed by atoms with E-state index in [4.69, 9.17) is 13.9 Å². The monoisotopic (exact) mass is 286 g/mol. The molecule has 1 fully saturated rings. The molecule has 0 N–H and O–H groups in total. The van der Waals surface area contributed by atoms with Crippen LogP contribution < -0.4 is 0 Å². The maximum absolute atomic E-state index is 11.1. The molecule has 5 heteroatoms. The van der Waals surface area contributed by atoms with Gasteiger partial charge in [0.2, 0.25) is 0 Å². The van der Waals surface area contributed by atoms with E-state index in [1.165, 1.54) is 6.08 Å². The van der Waals surface area contributed by atoms with Crippen molar-refractivity contribution >= 4 is 14.3 Å². The molecule has 1 aliphatic heterocycles. The van der Waals surface area contributed by atoms with Gasteiger partial charge >= 0.3 is 5.97 Å². The van der Waals surface area contributed by atoms with E-state index >= 15 is 0 Å². The fraction of sp³-hybridized carbons (Fsp3) is 0.786. The van der Waals surface area contributed by atoms with Crippen molar-refractivity contribution in [3.8, 4) is 0 Å². The van der Waals surface area contributed by atoms with Crippen molar-refractivity contribution in [2.45, 2.75) is 58.0 Å². The number of esters is 1. The Morgan fingerprint density at radius 3 is 2.53 bits per heavy atom. The van der Waals surface area contributed by atoms with E-state index in [1.807, 2.05) is 0 Å². The van der Waals surface area contributed by atoms with Gasteiger partial charge in [0.15, 0.2) is 8.32 Å². The highest BCUT2D eigenvalue weighted by Gasteiger charge is 2.42. The molecule has 110 valence electrons. The molecule has 1 aliphatic rings. The average molecular weight is 286 g/mol. The molecule has 0 bridgehead atoms. The highest BCUT2D eigenvalue weighted by atomic mass is 28.4. The zero-order valence-electron chi connectivity index (χ0n) is 12.9. The standard InChI is InChI=1S/C14H26O4Si/c1-7-16-13(15)9-8-11-12(18-11)10-17-19(5,6)14(2,3)4/h8-9,11-12H,7,10H2,1-6H3/b9-8+. The second-order valence-electron chi connectivity index (χ2n) is 6.32. The molecule has 19 heavy (non-hydrogen) atoms. The zero-order chi connectivity index (χ0) is 14.7. The Morgan fingerprint density at radius 2 is 2.00 bits per heavy atom. The Balaban J connectivity index is 2.30. The lowest BCUT2D eigenvalue weighted by Crippen LogP contribution is -2.41. The van der Waals surface area contributed by atoms with Gasteiger partial charge in [0.1, 0.15) is 12.2 Å². The summed E-state index contributed by atoms with van der Waals surface area (Å²) in [7, 11) is -1.71. The summed E-state index contributed by atoms with van der Waals surface area (Å²) in [6, 6.07) is 0. The van der Waals surface area contributed by atoms with Crippen LogP contribution >= 0.6 is 0 Å². The molecule has 0 aliphatic carbocycles. The SMILES string of the molecule is CCOC(=O)/C=C/C1OC1CO[Si](C)(C)C(C)(C)C. The third kappa shape index (κ3) is 5.08. The van der Waals surface area contributed by atoms with E-state index in [0.717, 1.165) is 0 Å². The predicted molar refractivity (Wildman–Crippen MR) is 77.6 cm³/mol. The zero-order valence-corrected chi connectivity index (χ0v) is 13.9. The van der Waals surface area contributed by atoms with Crippen LogP contribution in [-0.4, -0.2) is 39.7 Å². The highest BCUT2D eigenvalue weighted by Crippen LogP contribution is 2.37. The minimum Gasteiger partial charge on any atom is -0.463 e. The smallest absolute Gasteiger partial charge is 0.330 e. The van der Waals surface area contributed by atoms with E-state index in [9.17, 15) is 4.79 Å². The summed E-state index contributed by atoms with van der Waals surface area (Å²) < 4.78 is 16.3. The van der Waals surface area contributed by atoms with Crippen LogP contribution in [0, 0.1) is 0 Å². The van der Waals surface area contributed by atoms with Gasteiger partial charge in [-0.1, -0.05) is 20.8 Å². The molecule has 0 amide bonds. The topological polar surface area (TPSA) is 48.1 Å². The van der Waals surface area contributed by atoms with Crippen LogP contribution in [0.3, 0.4) is 0 Å². The van der Waals surface area contributed by atoms with Gasteiger partial charge in [0, 0.05) is 6.08 Å². The fourth-order valence-electron chi connectivity index (χ4n) is 1.33. The Kier molecular flexibility index (Phi) is 5.35. The molecule has 2 atom stereocenters. The maximum atomic E-state index is 11.1. The summed E-state index contributed by atoms with van der Waals surface area (Å²) in [5, 5.41) is 0.207. The van der Waals surface area contributed by atoms with Gasteiger partial charge in [-0.3, -0.25) is 0 Å². The largest absolute Gasteiger partial charge is 0.463 e. The molecular formula is C14H26O4Si. The van der Waals surface area contributed by atoms with Crippen LogP contribution in [0.15, 0.2) is 12.2 Å². The van der Waals surface area contributed by atoms with Gasteiger partial charge in [-0.2, -0.15) is 0 Å². The third-order valence-electron chi connectivity index (χ3n) is 3.74. The lowest BCUT2D eigenvalue weighted by atomic mass is 10.2. The van der Waals surface area contributed by atoms with E-state index < -0.39 is 8.32 Å². The molecule has 0 aromatic rings. The Hall–Kier alpha value is -0.653. The number of carbonyl (C=O) groups excluding carboxylic acids is 1. The van der Waals surface area contributed by atoms with Gasteiger partial charge in [0.05, 0.1) is 13.2 Å². The number of epoxide rings is 1. The normalized spacial score (nSPS) is 23.7. The minimum absolute atomic E-state index is 0.00539. The molecule has 2 unspecified atom stereocenters. The van der Waals surface area contributed by atoms with Crippen LogP contribution in [0.25, 0.3) is 0 Å². The quantitative estimate of drug-likeness (QED) is 0.326. The summed E-state index contributed by atoms with van der Waals surface area (Å²) in [6.45, 7) is 13.9. The minimum atomic E-state index is -1.71. The number of rotatable bonds is 6. The summed E-state index contributed by atoms with van der Waals surface area (Å²) in [5.74, 6) is -0.318. The van der Waals surface area contributed by atoms with Gasteiger partial charge in [0.25, 0.3) is 0 Å². The van der Waals surface area contributed by atoms with Gasteiger partial charge in [-0.05, 0) is 31.1 Å². The molecular weight excluding hydrogens is 260 g/mol. The van der Waals surface area contributed by atoms with Crippen LogP contribution in [0.2, 0.25) is 18.1 Å². The molecule has 0 radical (unpaired) electrons. The Labute approximate surface area is 117 Å². The first kappa shape index (κ1) is 16.4. The second kappa shape index (κ2) is 6.20. The van der Waals surface area contributed by atoms with Gasteiger partial charge in [-0.15, -0.1) is 0 Å². The van der Waals surface area contributed by atoms with E-state index in [-0.39, 0.29) is 23.2 Å². The van der Waals surface area contributed by atoms with Crippen molar-refractivity contribution in [3.05, 3.63) is 12.2 Å². The van der Waals surface area contributed by atoms with Crippen molar-refractivity contribution in [1.29, 1.82) is 0 Å². The molecule has 0 spiro atoms. The summed E-state index contributed by atoms with van der Waals surface area (Å²) in [4.78, 5) is 11.1. The highest BCUT2D eigenvalue weighted by molar-refractivity contribution is 6.74. The molecule has 1 heterocycles. The number of hydrogen-bond donors (Lipinski definition) is 0. The predicted octanol–water partition coefficient (Wildman–Crippen LogP) is 2.89. The van der Waals surface area contributed by atoms with Crippen LogP contribution in [-0.2, 0) is 18.7 Å². The third-order valence-corrected chi connectivity index (χ3v) is 8.25. The van der Waals surface area contributed by atoms with E-state index in [1.54, 1.807) is 13.0 Å². The average Bonchev–Trinajstić information content (AvgIpc) is 3.01. The lowest BCUT2D eigenvalue weighted by molar-refractivity contribution is -0.137. The van der Waals surface area contributed by atoms with Crippen LogP contribution in [0.1, 0.15) is 27.7 Å². The van der Waals surface area contributed by atoms with Gasteiger partial charge < -0.3 is 13.9 Å². The van der Waals surface area contributed by atoms with E-state index in [2.05, 4.69) is 33.9 Å². The molecule has 1 rings (SSSR count). The van der Waals surface area contributed by atoms with Crippen molar-refractivity contribution in [2.75, 3.05) is 13.2 Å². The number of carbonyl (C=O) groups is 1. The van der Waals surface area contributed by atoms with Crippen LogP contribution in [0.4, 0.5) is 0 Å². The maximum Gasteiger partial charge on any atom is 0.330 e.